The average Bonchev–Trinajstić information content (AvgIpc) is 3.54. The van der Waals surface area contributed by atoms with Crippen molar-refractivity contribution in [3.05, 3.63) is 95.1 Å². The van der Waals surface area contributed by atoms with E-state index in [4.69, 9.17) is 4.99 Å². The Hall–Kier alpha value is -4.34. The molecule has 4 aromatic rings. The first-order chi connectivity index (χ1) is 18.1. The Kier molecular flexibility index (Phi) is 8.62. The molecule has 1 fully saturated rings. The Bertz CT molecular complexity index is 1490. The largest absolute Gasteiger partial charge is 0.494 e. The maximum atomic E-state index is 11.7. The maximum absolute atomic E-state index is 11.7. The van der Waals surface area contributed by atoms with E-state index in [2.05, 4.69) is 39.2 Å². The molecule has 1 aliphatic rings. The van der Waals surface area contributed by atoms with Crippen LogP contribution in [0.15, 0.2) is 77.8 Å². The normalized spacial score (nSPS) is 13.6. The number of hydrogen-bond donors (Lipinski definition) is 3. The van der Waals surface area contributed by atoms with Crippen molar-refractivity contribution in [3.8, 4) is 17.7 Å². The van der Waals surface area contributed by atoms with Crippen LogP contribution < -0.4 is 5.32 Å². The Morgan fingerprint density at radius 3 is 2.50 bits per heavy atom. The van der Waals surface area contributed by atoms with Gasteiger partial charge in [-0.2, -0.15) is 0 Å². The molecule has 6 nitrogen and oxygen atoms in total. The zero-order chi connectivity index (χ0) is 25.6. The summed E-state index contributed by atoms with van der Waals surface area (Å²) in [4.78, 5) is 22.3. The number of aromatic hydroxyl groups is 1. The molecular weight excluding hydrogens is 472 g/mol. The highest BCUT2D eigenvalue weighted by Crippen LogP contribution is 2.32. The third-order valence-corrected chi connectivity index (χ3v) is 6.50. The molecule has 0 saturated carbocycles. The van der Waals surface area contributed by atoms with E-state index in [0.29, 0.717) is 23.4 Å². The second-order valence-corrected chi connectivity index (χ2v) is 9.19. The zero-order valence-corrected chi connectivity index (χ0v) is 20.9. The van der Waals surface area contributed by atoms with Gasteiger partial charge in [0.05, 0.1) is 22.5 Å². The number of carbonyl (C=O) groups is 1. The number of aromatic amines is 1. The molecule has 38 heavy (non-hydrogen) atoms. The van der Waals surface area contributed by atoms with Crippen LogP contribution in [0, 0.1) is 11.8 Å². The summed E-state index contributed by atoms with van der Waals surface area (Å²) < 4.78 is 0. The molecule has 1 saturated heterocycles. The van der Waals surface area contributed by atoms with Gasteiger partial charge in [-0.3, -0.25) is 9.69 Å². The van der Waals surface area contributed by atoms with E-state index >= 15 is 0 Å². The molecule has 0 aliphatic carbocycles. The number of benzene rings is 3. The first-order valence-electron chi connectivity index (χ1n) is 12.7. The van der Waals surface area contributed by atoms with Crippen LogP contribution in [0.5, 0.6) is 5.88 Å². The number of amides is 1. The molecule has 2 heterocycles. The number of carbonyl (C=O) groups excluding carboxylic acids is 1. The smallest absolute Gasteiger partial charge is 0.296 e. The summed E-state index contributed by atoms with van der Waals surface area (Å²) in [6.45, 7) is 5.67. The highest BCUT2D eigenvalue weighted by atomic mass is 16.3. The third kappa shape index (κ3) is 6.13. The molecule has 0 unspecified atom stereocenters. The van der Waals surface area contributed by atoms with Crippen molar-refractivity contribution in [3.63, 3.8) is 0 Å². The predicted octanol–water partition coefficient (Wildman–Crippen LogP) is 5.76. The van der Waals surface area contributed by atoms with Crippen molar-refractivity contribution in [2.45, 2.75) is 33.7 Å². The average molecular weight is 507 g/mol. The van der Waals surface area contributed by atoms with Crippen LogP contribution >= 0.6 is 0 Å². The number of likely N-dealkylation sites (tertiary alicyclic amines) is 1. The van der Waals surface area contributed by atoms with Gasteiger partial charge in [-0.05, 0) is 62.7 Å². The van der Waals surface area contributed by atoms with Gasteiger partial charge in [-0.15, -0.1) is 0 Å². The maximum Gasteiger partial charge on any atom is 0.296 e. The number of nitrogens with one attached hydrogen (secondary N) is 2. The predicted molar refractivity (Wildman–Crippen MR) is 155 cm³/mol. The second-order valence-electron chi connectivity index (χ2n) is 9.19. The molecule has 1 aromatic heterocycles. The summed E-state index contributed by atoms with van der Waals surface area (Å²) in [5.41, 5.74) is 5.71. The lowest BCUT2D eigenvalue weighted by Crippen LogP contribution is -2.20. The van der Waals surface area contributed by atoms with Crippen LogP contribution in [-0.2, 0) is 11.3 Å². The lowest BCUT2D eigenvalue weighted by Gasteiger charge is -2.14. The van der Waals surface area contributed by atoms with Crippen LogP contribution in [0.2, 0.25) is 0 Å². The van der Waals surface area contributed by atoms with E-state index in [1.807, 2.05) is 67.6 Å². The van der Waals surface area contributed by atoms with Crippen molar-refractivity contribution in [2.24, 2.45) is 4.99 Å². The van der Waals surface area contributed by atoms with Crippen LogP contribution in [-0.4, -0.2) is 46.2 Å². The van der Waals surface area contributed by atoms with Gasteiger partial charge in [0.15, 0.2) is 5.88 Å². The first-order valence-corrected chi connectivity index (χ1v) is 12.7. The highest BCUT2D eigenvalue weighted by Gasteiger charge is 2.19. The molecular formula is C32H34N4O2. The molecule has 1 amide bonds. The summed E-state index contributed by atoms with van der Waals surface area (Å²) >= 11 is 0. The number of aromatic nitrogens is 1. The molecule has 3 N–H and O–H groups in total. The summed E-state index contributed by atoms with van der Waals surface area (Å²) in [6.07, 6.45) is 2.55. The fourth-order valence-corrected chi connectivity index (χ4v) is 4.70. The fraction of sp³-hybridized carbons (Fsp3) is 0.250. The van der Waals surface area contributed by atoms with Crippen molar-refractivity contribution in [1.82, 2.24) is 15.2 Å². The minimum Gasteiger partial charge on any atom is -0.494 e. The fourth-order valence-electron chi connectivity index (χ4n) is 4.70. The van der Waals surface area contributed by atoms with Gasteiger partial charge < -0.3 is 15.4 Å². The standard InChI is InChI=1S/C31H30N4O2.CH4/c1-2-32-28(36)17-13-22-12-16-26-27(20-22)34-31(37)29(26)30(24-8-4-3-5-9-24)33-25-14-10-23(11-15-25)21-35-18-6-7-19-35;/h3-5,8-12,14-16,20,34,37H,2,6-7,18-19,21H2,1H3,(H,32,36);1H4. The molecule has 0 radical (unpaired) electrons. The first kappa shape index (κ1) is 26.7. The van der Waals surface area contributed by atoms with Gasteiger partial charge in [-0.1, -0.05) is 61.9 Å². The lowest BCUT2D eigenvalue weighted by molar-refractivity contribution is -0.115. The van der Waals surface area contributed by atoms with Gasteiger partial charge in [0, 0.05) is 35.5 Å². The van der Waals surface area contributed by atoms with Crippen molar-refractivity contribution in [1.29, 1.82) is 0 Å². The van der Waals surface area contributed by atoms with Crippen molar-refractivity contribution in [2.75, 3.05) is 19.6 Å². The number of fused-ring (bicyclic) bond motifs is 1. The quantitative estimate of drug-likeness (QED) is 0.230. The van der Waals surface area contributed by atoms with Crippen LogP contribution in [0.1, 0.15) is 49.4 Å². The van der Waals surface area contributed by atoms with Gasteiger partial charge >= 0.3 is 0 Å². The van der Waals surface area contributed by atoms with E-state index < -0.39 is 0 Å². The molecule has 0 spiro atoms. The molecule has 0 atom stereocenters. The Balaban J connectivity index is 0.00000336. The lowest BCUT2D eigenvalue weighted by atomic mass is 10.00. The summed E-state index contributed by atoms with van der Waals surface area (Å²) in [5, 5.41) is 14.5. The van der Waals surface area contributed by atoms with E-state index in [-0.39, 0.29) is 19.2 Å². The Labute approximate surface area is 224 Å². The number of hydrogen-bond acceptors (Lipinski definition) is 4. The molecule has 3 aromatic carbocycles. The molecule has 194 valence electrons. The van der Waals surface area contributed by atoms with Gasteiger partial charge in [0.1, 0.15) is 0 Å². The SMILES string of the molecule is C.CCNC(=O)C#Cc1ccc2c(C(=Nc3ccc(CN4CCCC4)cc3)c3ccccc3)c(O)[nH]c2c1. The minimum absolute atomic E-state index is 0. The topological polar surface area (TPSA) is 80.7 Å². The van der Waals surface area contributed by atoms with Crippen molar-refractivity contribution < 1.29 is 9.90 Å². The molecule has 6 heteroatoms. The van der Waals surface area contributed by atoms with Gasteiger partial charge in [0.2, 0.25) is 0 Å². The van der Waals surface area contributed by atoms with E-state index in [1.54, 1.807) is 0 Å². The van der Waals surface area contributed by atoms with Crippen LogP contribution in [0.3, 0.4) is 0 Å². The monoisotopic (exact) mass is 506 g/mol. The number of rotatable bonds is 6. The third-order valence-electron chi connectivity index (χ3n) is 6.50. The van der Waals surface area contributed by atoms with Crippen LogP contribution in [0.4, 0.5) is 5.69 Å². The van der Waals surface area contributed by atoms with Gasteiger partial charge in [0.25, 0.3) is 5.91 Å². The summed E-state index contributed by atoms with van der Waals surface area (Å²) in [6, 6.07) is 23.8. The second kappa shape index (κ2) is 12.3. The highest BCUT2D eigenvalue weighted by molar-refractivity contribution is 6.22. The molecule has 1 aliphatic heterocycles. The zero-order valence-electron chi connectivity index (χ0n) is 20.9. The molecule has 5 rings (SSSR count). The summed E-state index contributed by atoms with van der Waals surface area (Å²) in [5.74, 6) is 5.20. The number of nitrogens with zero attached hydrogens (tertiary/aromatic N) is 2. The summed E-state index contributed by atoms with van der Waals surface area (Å²) in [7, 11) is 0. The van der Waals surface area contributed by atoms with E-state index in [0.717, 1.165) is 41.8 Å². The van der Waals surface area contributed by atoms with Crippen molar-refractivity contribution >= 4 is 28.2 Å². The Morgan fingerprint density at radius 2 is 1.79 bits per heavy atom. The van der Waals surface area contributed by atoms with E-state index in [9.17, 15) is 9.90 Å². The Morgan fingerprint density at radius 1 is 1.05 bits per heavy atom. The minimum atomic E-state index is -0.317. The van der Waals surface area contributed by atoms with Gasteiger partial charge in [-0.25, -0.2) is 4.99 Å². The van der Waals surface area contributed by atoms with Crippen LogP contribution in [0.25, 0.3) is 10.9 Å². The molecule has 0 bridgehead atoms. The number of H-pyrrole nitrogens is 1. The van der Waals surface area contributed by atoms with E-state index in [1.165, 1.54) is 18.4 Å². The number of aliphatic imine (C=N–C) groups is 1.